The van der Waals surface area contributed by atoms with Crippen molar-refractivity contribution in [3.8, 4) is 0 Å². The predicted molar refractivity (Wildman–Crippen MR) is 88.4 cm³/mol. The second kappa shape index (κ2) is 7.63. The van der Waals surface area contributed by atoms with Crippen LogP contribution in [0.2, 0.25) is 0 Å². The fraction of sp³-hybridized carbons (Fsp3) is 0.750. The number of rotatable bonds is 4. The molecular weight excluding hydrogens is 314 g/mol. The van der Waals surface area contributed by atoms with E-state index in [1.54, 1.807) is 47.8 Å². The van der Waals surface area contributed by atoms with Gasteiger partial charge in [0, 0.05) is 18.6 Å². The van der Waals surface area contributed by atoms with Crippen LogP contribution in [0.1, 0.15) is 54.4 Å². The van der Waals surface area contributed by atoms with Crippen molar-refractivity contribution in [1.82, 2.24) is 10.7 Å². The van der Waals surface area contributed by atoms with Gasteiger partial charge >= 0.3 is 12.1 Å². The normalized spacial score (nSPS) is 19.2. The number of amides is 2. The SMILES string of the molecule is CC(C)(C)OC(=O)NC(CC1C=NNC(=O)C1)C(=O)OC(C)(C)C. The summed E-state index contributed by atoms with van der Waals surface area (Å²) >= 11 is 0. The summed E-state index contributed by atoms with van der Waals surface area (Å²) < 4.78 is 10.5. The Bertz CT molecular complexity index is 517. The van der Waals surface area contributed by atoms with Gasteiger partial charge in [-0.3, -0.25) is 4.79 Å². The molecule has 0 saturated carbocycles. The van der Waals surface area contributed by atoms with Crippen molar-refractivity contribution in [2.45, 2.75) is 71.6 Å². The summed E-state index contributed by atoms with van der Waals surface area (Å²) in [6, 6.07) is -0.929. The average molecular weight is 341 g/mol. The van der Waals surface area contributed by atoms with Gasteiger partial charge in [0.2, 0.25) is 5.91 Å². The van der Waals surface area contributed by atoms with Gasteiger partial charge < -0.3 is 14.8 Å². The Morgan fingerprint density at radius 3 is 2.33 bits per heavy atom. The molecular formula is C16H27N3O5. The Labute approximate surface area is 142 Å². The molecule has 2 atom stereocenters. The summed E-state index contributed by atoms with van der Waals surface area (Å²) in [6.07, 6.45) is 1.23. The van der Waals surface area contributed by atoms with Gasteiger partial charge in [-0.15, -0.1) is 0 Å². The van der Waals surface area contributed by atoms with Gasteiger partial charge in [0.15, 0.2) is 0 Å². The zero-order chi connectivity index (χ0) is 18.5. The van der Waals surface area contributed by atoms with E-state index >= 15 is 0 Å². The van der Waals surface area contributed by atoms with Crippen molar-refractivity contribution in [3.05, 3.63) is 0 Å². The monoisotopic (exact) mass is 341 g/mol. The fourth-order valence-electron chi connectivity index (χ4n) is 2.03. The first-order chi connectivity index (χ1) is 10.9. The fourth-order valence-corrected chi connectivity index (χ4v) is 2.03. The number of alkyl carbamates (subject to hydrolysis) is 1. The lowest BCUT2D eigenvalue weighted by atomic mass is 9.96. The molecule has 0 spiro atoms. The summed E-state index contributed by atoms with van der Waals surface area (Å²) in [7, 11) is 0. The number of esters is 1. The smallest absolute Gasteiger partial charge is 0.408 e. The Morgan fingerprint density at radius 2 is 1.83 bits per heavy atom. The highest BCUT2D eigenvalue weighted by Crippen LogP contribution is 2.17. The van der Waals surface area contributed by atoms with Gasteiger partial charge in [-0.2, -0.15) is 5.10 Å². The molecule has 1 aliphatic rings. The zero-order valence-electron chi connectivity index (χ0n) is 15.1. The van der Waals surface area contributed by atoms with E-state index in [4.69, 9.17) is 9.47 Å². The molecule has 8 nitrogen and oxygen atoms in total. The van der Waals surface area contributed by atoms with Crippen LogP contribution in [0.3, 0.4) is 0 Å². The molecule has 1 aliphatic heterocycles. The Kier molecular flexibility index (Phi) is 6.34. The summed E-state index contributed by atoms with van der Waals surface area (Å²) in [5.74, 6) is -1.08. The van der Waals surface area contributed by atoms with Crippen molar-refractivity contribution < 1.29 is 23.9 Å². The maximum absolute atomic E-state index is 12.4. The topological polar surface area (TPSA) is 106 Å². The first kappa shape index (κ1) is 19.9. The molecule has 0 aromatic heterocycles. The van der Waals surface area contributed by atoms with Crippen LogP contribution >= 0.6 is 0 Å². The summed E-state index contributed by atoms with van der Waals surface area (Å²) in [4.78, 5) is 35.8. The van der Waals surface area contributed by atoms with E-state index in [1.807, 2.05) is 0 Å². The number of ether oxygens (including phenoxy) is 2. The maximum atomic E-state index is 12.4. The van der Waals surface area contributed by atoms with Crippen LogP contribution in [0.5, 0.6) is 0 Å². The number of carbonyl (C=O) groups excluding carboxylic acids is 3. The van der Waals surface area contributed by atoms with E-state index in [0.717, 1.165) is 0 Å². The van der Waals surface area contributed by atoms with E-state index in [1.165, 1.54) is 0 Å². The minimum absolute atomic E-state index is 0.193. The van der Waals surface area contributed by atoms with Crippen molar-refractivity contribution >= 4 is 24.2 Å². The van der Waals surface area contributed by atoms with Gasteiger partial charge in [-0.25, -0.2) is 15.0 Å². The second-order valence-corrected chi connectivity index (χ2v) is 7.75. The van der Waals surface area contributed by atoms with Crippen molar-refractivity contribution in [3.63, 3.8) is 0 Å². The summed E-state index contributed by atoms with van der Waals surface area (Å²) in [5.41, 5.74) is 0.950. The van der Waals surface area contributed by atoms with Crippen molar-refractivity contribution in [2.24, 2.45) is 11.0 Å². The number of nitrogens with zero attached hydrogens (tertiary/aromatic N) is 1. The summed E-state index contributed by atoms with van der Waals surface area (Å²) in [5, 5.41) is 6.27. The van der Waals surface area contributed by atoms with Crippen LogP contribution < -0.4 is 10.7 Å². The van der Waals surface area contributed by atoms with Gasteiger partial charge in [-0.05, 0) is 48.0 Å². The lowest BCUT2D eigenvalue weighted by molar-refractivity contribution is -0.158. The first-order valence-corrected chi connectivity index (χ1v) is 7.90. The highest BCUT2D eigenvalue weighted by Gasteiger charge is 2.31. The van der Waals surface area contributed by atoms with Crippen LogP contribution in [0, 0.1) is 5.92 Å². The van der Waals surface area contributed by atoms with Gasteiger partial charge in [0.05, 0.1) is 0 Å². The molecule has 8 heteroatoms. The van der Waals surface area contributed by atoms with Crippen LogP contribution in [0.4, 0.5) is 4.79 Å². The third-order valence-electron chi connectivity index (χ3n) is 2.84. The molecule has 2 amide bonds. The molecule has 0 saturated heterocycles. The van der Waals surface area contributed by atoms with Gasteiger partial charge in [0.25, 0.3) is 0 Å². The van der Waals surface area contributed by atoms with Crippen LogP contribution in [-0.2, 0) is 19.1 Å². The lowest BCUT2D eigenvalue weighted by Gasteiger charge is -2.27. The number of nitrogens with one attached hydrogen (secondary N) is 2. The molecule has 0 bridgehead atoms. The van der Waals surface area contributed by atoms with E-state index < -0.39 is 29.3 Å². The molecule has 2 unspecified atom stereocenters. The quantitative estimate of drug-likeness (QED) is 0.758. The highest BCUT2D eigenvalue weighted by atomic mass is 16.6. The Balaban J connectivity index is 2.80. The van der Waals surface area contributed by atoms with Gasteiger partial charge in [0.1, 0.15) is 17.2 Å². The second-order valence-electron chi connectivity index (χ2n) is 7.75. The minimum atomic E-state index is -0.929. The number of hydrogen-bond acceptors (Lipinski definition) is 6. The molecule has 0 aromatic carbocycles. The van der Waals surface area contributed by atoms with Crippen LogP contribution in [0.25, 0.3) is 0 Å². The summed E-state index contributed by atoms with van der Waals surface area (Å²) in [6.45, 7) is 10.4. The molecule has 136 valence electrons. The van der Waals surface area contributed by atoms with E-state index in [2.05, 4.69) is 15.8 Å². The van der Waals surface area contributed by atoms with Crippen LogP contribution in [0.15, 0.2) is 5.10 Å². The van der Waals surface area contributed by atoms with E-state index in [9.17, 15) is 14.4 Å². The highest BCUT2D eigenvalue weighted by molar-refractivity contribution is 5.85. The molecule has 24 heavy (non-hydrogen) atoms. The molecule has 0 aliphatic carbocycles. The lowest BCUT2D eigenvalue weighted by Crippen LogP contribution is -2.47. The van der Waals surface area contributed by atoms with Crippen LogP contribution in [-0.4, -0.2) is 41.4 Å². The predicted octanol–water partition coefficient (Wildman–Crippen LogP) is 1.73. The van der Waals surface area contributed by atoms with Gasteiger partial charge in [-0.1, -0.05) is 0 Å². The Hall–Kier alpha value is -2.12. The molecule has 0 fully saturated rings. The number of hydrogen-bond donors (Lipinski definition) is 2. The largest absolute Gasteiger partial charge is 0.458 e. The molecule has 0 aromatic rings. The molecule has 1 heterocycles. The number of carbonyl (C=O) groups is 3. The van der Waals surface area contributed by atoms with Crippen molar-refractivity contribution in [1.29, 1.82) is 0 Å². The molecule has 0 radical (unpaired) electrons. The average Bonchev–Trinajstić information content (AvgIpc) is 2.33. The number of hydrazone groups is 1. The third-order valence-corrected chi connectivity index (χ3v) is 2.84. The molecule has 2 N–H and O–H groups in total. The first-order valence-electron chi connectivity index (χ1n) is 7.90. The van der Waals surface area contributed by atoms with E-state index in [-0.39, 0.29) is 24.7 Å². The minimum Gasteiger partial charge on any atom is -0.458 e. The maximum Gasteiger partial charge on any atom is 0.408 e. The zero-order valence-corrected chi connectivity index (χ0v) is 15.1. The van der Waals surface area contributed by atoms with E-state index in [0.29, 0.717) is 0 Å². The molecule has 1 rings (SSSR count). The Morgan fingerprint density at radius 1 is 1.25 bits per heavy atom. The third kappa shape index (κ3) is 7.94. The standard InChI is InChI=1S/C16H27N3O5/c1-15(2,3)23-13(21)11(18-14(22)24-16(4,5)6)7-10-8-12(20)19-17-9-10/h9-11H,7-8H2,1-6H3,(H,18,22)(H,19,20). The van der Waals surface area contributed by atoms with Crippen molar-refractivity contribution in [2.75, 3.05) is 0 Å².